The number of aryl methyl sites for hydroxylation is 2. The van der Waals surface area contributed by atoms with Crippen molar-refractivity contribution >= 4 is 57.5 Å². The number of halogens is 1. The van der Waals surface area contributed by atoms with E-state index < -0.39 is 29.1 Å². The zero-order valence-electron chi connectivity index (χ0n) is 40.0. The van der Waals surface area contributed by atoms with E-state index >= 15 is 4.39 Å². The Labute approximate surface area is 407 Å². The third kappa shape index (κ3) is 8.32. The van der Waals surface area contributed by atoms with Crippen LogP contribution in [0.4, 0.5) is 21.5 Å². The van der Waals surface area contributed by atoms with Gasteiger partial charge in [-0.15, -0.1) is 0 Å². The Morgan fingerprint density at radius 2 is 1.55 bits per heavy atom. The van der Waals surface area contributed by atoms with Gasteiger partial charge in [-0.25, -0.2) is 18.4 Å². The number of rotatable bonds is 11. The van der Waals surface area contributed by atoms with Gasteiger partial charge < -0.3 is 15.5 Å². The minimum Gasteiger partial charge on any atom is -0.369 e. The first-order valence-electron chi connectivity index (χ1n) is 23.5. The number of piperidine rings is 1. The minimum atomic E-state index is -0.828. The number of anilines is 3. The lowest BCUT2D eigenvalue weighted by molar-refractivity contribution is -0.136. The first-order chi connectivity index (χ1) is 34.1. The second-order valence-electron chi connectivity index (χ2n) is 18.7. The molecule has 0 saturated carbocycles. The highest BCUT2D eigenvalue weighted by atomic mass is 19.1. The number of nitrogens with one attached hydrogen (secondary N) is 3. The molecular formula is C53H52FN11O6. The van der Waals surface area contributed by atoms with Gasteiger partial charge in [-0.05, 0) is 115 Å². The topological polar surface area (TPSA) is 189 Å². The molecule has 1 atom stereocenters. The van der Waals surface area contributed by atoms with Crippen molar-refractivity contribution in [1.82, 2.24) is 39.7 Å². The van der Waals surface area contributed by atoms with Crippen LogP contribution in [0.5, 0.6) is 0 Å². The molecule has 71 heavy (non-hydrogen) atoms. The van der Waals surface area contributed by atoms with E-state index in [2.05, 4.69) is 42.0 Å². The molecule has 0 bridgehead atoms. The van der Waals surface area contributed by atoms with Crippen LogP contribution in [-0.2, 0) is 40.3 Å². The molecule has 0 radical (unpaired) electrons. The second-order valence-corrected chi connectivity index (χ2v) is 18.7. The Hall–Kier alpha value is -8.25. The number of imide groups is 1. The molecule has 1 unspecified atom stereocenters. The quantitative estimate of drug-likeness (QED) is 0.143. The standard InChI is InChI=1S/C53H52FN11O6/c1-53(2)45-32(8-7-11-41(45)65(51(53)70)42-20-21-43(66)58-49(42)68)22-23-62-24-26-63(27-25-62)35-14-12-31(13-15-35)39-29-36(64-30-56-61(5)52(64)71)16-17-37(39)38-18-19-40-44(46(38)54)47(59-60(40)4)50(69)57-34-10-6-9-33(28-34)48(67)55-3/h6-19,28-30,42H,20-27H2,1-5H3,(H,55,67)(H,57,69)(H,58,66,68). The van der Waals surface area contributed by atoms with Crippen molar-refractivity contribution < 1.29 is 28.4 Å². The summed E-state index contributed by atoms with van der Waals surface area (Å²) in [5.41, 5.74) is 6.26. The van der Waals surface area contributed by atoms with E-state index in [4.69, 9.17) is 0 Å². The van der Waals surface area contributed by atoms with Crippen molar-refractivity contribution in [2.45, 2.75) is 44.6 Å². The lowest BCUT2D eigenvalue weighted by Gasteiger charge is -2.36. The molecule has 5 amide bonds. The molecule has 2 aromatic heterocycles. The lowest BCUT2D eigenvalue weighted by atomic mass is 9.82. The fourth-order valence-corrected chi connectivity index (χ4v) is 10.3. The van der Waals surface area contributed by atoms with E-state index in [0.717, 1.165) is 67.2 Å². The molecule has 0 spiro atoms. The minimum absolute atomic E-state index is 0.0287. The number of carbonyl (C=O) groups excluding carboxylic acids is 5. The van der Waals surface area contributed by atoms with Crippen LogP contribution in [-0.4, -0.2) is 104 Å². The van der Waals surface area contributed by atoms with Crippen molar-refractivity contribution in [3.63, 3.8) is 0 Å². The number of carbonyl (C=O) groups is 5. The predicted octanol–water partition coefficient (Wildman–Crippen LogP) is 5.34. The highest BCUT2D eigenvalue weighted by molar-refractivity contribution is 6.14. The molecule has 5 heterocycles. The van der Waals surface area contributed by atoms with E-state index in [0.29, 0.717) is 40.0 Å². The lowest BCUT2D eigenvalue weighted by Crippen LogP contribution is -2.55. The molecule has 362 valence electrons. The molecular weight excluding hydrogens is 906 g/mol. The average Bonchev–Trinajstić information content (AvgIpc) is 3.97. The maximum Gasteiger partial charge on any atom is 0.350 e. The first-order valence-corrected chi connectivity index (χ1v) is 23.5. The summed E-state index contributed by atoms with van der Waals surface area (Å²) in [6, 6.07) is 28.4. The zero-order chi connectivity index (χ0) is 49.9. The van der Waals surface area contributed by atoms with E-state index in [9.17, 15) is 28.8 Å². The van der Waals surface area contributed by atoms with Gasteiger partial charge in [0.25, 0.3) is 11.8 Å². The highest BCUT2D eigenvalue weighted by Gasteiger charge is 2.50. The van der Waals surface area contributed by atoms with Crippen LogP contribution < -0.4 is 31.4 Å². The SMILES string of the molecule is CNC(=O)c1cccc(NC(=O)c2nn(C)c3ccc(-c4ccc(-n5cnn(C)c5=O)cc4-c4ccc(N5CCN(CCc6cccc7c6C(C)(C)C(=O)N7C6CCC(=O)NC6=O)CC5)cc4)c(F)c23)c1. The van der Waals surface area contributed by atoms with Gasteiger partial charge in [0.05, 0.1) is 22.0 Å². The van der Waals surface area contributed by atoms with Gasteiger partial charge in [-0.1, -0.05) is 36.4 Å². The number of amides is 5. The Morgan fingerprint density at radius 3 is 2.27 bits per heavy atom. The Kier molecular flexibility index (Phi) is 11.9. The van der Waals surface area contributed by atoms with E-state index in [1.807, 2.05) is 56.3 Å². The molecule has 3 aliphatic rings. The maximum absolute atomic E-state index is 17.2. The maximum atomic E-state index is 17.2. The summed E-state index contributed by atoms with van der Waals surface area (Å²) < 4.78 is 21.3. The van der Waals surface area contributed by atoms with Gasteiger partial charge in [-0.2, -0.15) is 10.2 Å². The normalized spacial score (nSPS) is 16.9. The molecule has 2 saturated heterocycles. The van der Waals surface area contributed by atoms with Crippen LogP contribution in [0.25, 0.3) is 38.8 Å². The van der Waals surface area contributed by atoms with E-state index in [1.165, 1.54) is 33.4 Å². The van der Waals surface area contributed by atoms with Crippen LogP contribution in [0, 0.1) is 5.82 Å². The van der Waals surface area contributed by atoms with Crippen molar-refractivity contribution in [2.24, 2.45) is 14.1 Å². The smallest absolute Gasteiger partial charge is 0.350 e. The molecule has 2 fully saturated rings. The molecule has 17 nitrogen and oxygen atoms in total. The van der Waals surface area contributed by atoms with Gasteiger partial charge in [0.15, 0.2) is 5.69 Å². The summed E-state index contributed by atoms with van der Waals surface area (Å²) in [4.78, 5) is 84.2. The zero-order valence-corrected chi connectivity index (χ0v) is 40.0. The summed E-state index contributed by atoms with van der Waals surface area (Å²) in [5.74, 6) is -2.51. The van der Waals surface area contributed by atoms with Crippen molar-refractivity contribution in [3.05, 3.63) is 142 Å². The summed E-state index contributed by atoms with van der Waals surface area (Å²) in [6.07, 6.45) is 2.64. The van der Waals surface area contributed by atoms with Gasteiger partial charge in [-0.3, -0.25) is 43.8 Å². The number of benzene rings is 5. The van der Waals surface area contributed by atoms with Gasteiger partial charge in [0.2, 0.25) is 17.7 Å². The van der Waals surface area contributed by atoms with Crippen LogP contribution >= 0.6 is 0 Å². The van der Waals surface area contributed by atoms with Crippen LogP contribution in [0.15, 0.2) is 108 Å². The number of hydrogen-bond donors (Lipinski definition) is 3. The summed E-state index contributed by atoms with van der Waals surface area (Å²) >= 11 is 0. The average molecular weight is 958 g/mol. The van der Waals surface area contributed by atoms with Gasteiger partial charge in [0.1, 0.15) is 18.2 Å². The predicted molar refractivity (Wildman–Crippen MR) is 267 cm³/mol. The highest BCUT2D eigenvalue weighted by Crippen LogP contribution is 2.46. The van der Waals surface area contributed by atoms with E-state index in [-0.39, 0.29) is 46.5 Å². The summed E-state index contributed by atoms with van der Waals surface area (Å²) in [6.45, 7) is 7.77. The molecule has 3 aliphatic heterocycles. The molecule has 0 aliphatic carbocycles. The summed E-state index contributed by atoms with van der Waals surface area (Å²) in [5, 5.41) is 16.3. The Bertz CT molecular complexity index is 3380. The molecule has 18 heteroatoms. The van der Waals surface area contributed by atoms with Crippen LogP contribution in [0.3, 0.4) is 0 Å². The largest absolute Gasteiger partial charge is 0.369 e. The third-order valence-electron chi connectivity index (χ3n) is 14.1. The van der Waals surface area contributed by atoms with Crippen molar-refractivity contribution in [3.8, 4) is 27.9 Å². The van der Waals surface area contributed by atoms with E-state index in [1.54, 1.807) is 61.5 Å². The third-order valence-corrected chi connectivity index (χ3v) is 14.1. The van der Waals surface area contributed by atoms with Crippen molar-refractivity contribution in [2.75, 3.05) is 54.9 Å². The van der Waals surface area contributed by atoms with Gasteiger partial charge >= 0.3 is 5.69 Å². The molecule has 7 aromatic rings. The first kappa shape index (κ1) is 46.5. The molecule has 10 rings (SSSR count). The Balaban J connectivity index is 0.888. The second kappa shape index (κ2) is 18.2. The van der Waals surface area contributed by atoms with Crippen LogP contribution in [0.1, 0.15) is 58.7 Å². The fourth-order valence-electron chi connectivity index (χ4n) is 10.3. The molecule has 5 aromatic carbocycles. The Morgan fingerprint density at radius 1 is 0.817 bits per heavy atom. The number of fused-ring (bicyclic) bond motifs is 2. The van der Waals surface area contributed by atoms with Crippen molar-refractivity contribution in [1.29, 1.82) is 0 Å². The monoisotopic (exact) mass is 957 g/mol. The number of hydrogen-bond acceptors (Lipinski definition) is 10. The number of piperazine rings is 1. The fraction of sp³-hybridized carbons (Fsp3) is 0.283. The molecule has 3 N–H and O–H groups in total. The van der Waals surface area contributed by atoms with Gasteiger partial charge in [0, 0.05) is 88.5 Å². The van der Waals surface area contributed by atoms with Crippen LogP contribution in [0.2, 0.25) is 0 Å². The number of nitrogens with zero attached hydrogens (tertiary/aromatic N) is 8. The summed E-state index contributed by atoms with van der Waals surface area (Å²) in [7, 11) is 4.72. The number of aromatic nitrogens is 5.